The summed E-state index contributed by atoms with van der Waals surface area (Å²) in [6.45, 7) is 3.31. The van der Waals surface area contributed by atoms with E-state index in [-0.39, 0.29) is 6.54 Å². The zero-order valence-corrected chi connectivity index (χ0v) is 8.67. The van der Waals surface area contributed by atoms with Gasteiger partial charge in [-0.25, -0.2) is 0 Å². The van der Waals surface area contributed by atoms with Crippen LogP contribution in [0.4, 0.5) is 18.9 Å². The predicted molar refractivity (Wildman–Crippen MR) is 51.1 cm³/mol. The Labute approximate surface area is 86.1 Å². The lowest BCUT2D eigenvalue weighted by Crippen LogP contribution is -2.27. The molecule has 0 unspecified atom stereocenters. The molecule has 1 rings (SSSR count). The first-order valence-corrected chi connectivity index (χ1v) is 4.53. The fourth-order valence-electron chi connectivity index (χ4n) is 1.50. The molecule has 0 aliphatic rings. The first-order chi connectivity index (χ1) is 6.68. The Morgan fingerprint density at radius 3 is 2.40 bits per heavy atom. The standard InChI is InChI=1S/C9H14F3N3/c1-8(2,5-9(10,11)12)6-15-4-7(13)3-14-15/h3-4H,5-6,13H2,1-2H3. The van der Waals surface area contributed by atoms with E-state index < -0.39 is 18.0 Å². The van der Waals surface area contributed by atoms with Gasteiger partial charge < -0.3 is 5.73 Å². The van der Waals surface area contributed by atoms with Crippen molar-refractivity contribution >= 4 is 5.69 Å². The summed E-state index contributed by atoms with van der Waals surface area (Å²) in [4.78, 5) is 0. The molecule has 3 nitrogen and oxygen atoms in total. The van der Waals surface area contributed by atoms with E-state index in [0.29, 0.717) is 5.69 Å². The van der Waals surface area contributed by atoms with Gasteiger partial charge in [-0.2, -0.15) is 18.3 Å². The van der Waals surface area contributed by atoms with Gasteiger partial charge in [-0.15, -0.1) is 0 Å². The second kappa shape index (κ2) is 3.75. The molecule has 0 aliphatic carbocycles. The molecule has 0 radical (unpaired) electrons. The predicted octanol–water partition coefficient (Wildman–Crippen LogP) is 2.44. The van der Waals surface area contributed by atoms with Crippen molar-refractivity contribution in [2.45, 2.75) is 33.0 Å². The van der Waals surface area contributed by atoms with Gasteiger partial charge in [-0.3, -0.25) is 4.68 Å². The smallest absolute Gasteiger partial charge is 0.389 e. The van der Waals surface area contributed by atoms with Gasteiger partial charge in [0, 0.05) is 12.7 Å². The maximum absolute atomic E-state index is 12.2. The van der Waals surface area contributed by atoms with Crippen LogP contribution in [-0.4, -0.2) is 16.0 Å². The Morgan fingerprint density at radius 2 is 2.00 bits per heavy atom. The normalized spacial score (nSPS) is 13.1. The molecule has 2 N–H and O–H groups in total. The van der Waals surface area contributed by atoms with Crippen molar-refractivity contribution in [3.05, 3.63) is 12.4 Å². The molecule has 0 spiro atoms. The van der Waals surface area contributed by atoms with Crippen LogP contribution >= 0.6 is 0 Å². The third-order valence-electron chi connectivity index (χ3n) is 1.92. The van der Waals surface area contributed by atoms with Gasteiger partial charge in [0.05, 0.1) is 18.3 Å². The molecule has 86 valence electrons. The summed E-state index contributed by atoms with van der Waals surface area (Å²) in [6, 6.07) is 0. The second-order valence-corrected chi connectivity index (χ2v) is 4.43. The minimum Gasteiger partial charge on any atom is -0.396 e. The van der Waals surface area contributed by atoms with E-state index in [1.54, 1.807) is 13.8 Å². The average molecular weight is 221 g/mol. The van der Waals surface area contributed by atoms with Crippen LogP contribution in [0.15, 0.2) is 12.4 Å². The molecule has 1 aromatic heterocycles. The number of halogens is 3. The van der Waals surface area contributed by atoms with Crippen LogP contribution in [0.1, 0.15) is 20.3 Å². The largest absolute Gasteiger partial charge is 0.396 e. The molecule has 0 atom stereocenters. The fraction of sp³-hybridized carbons (Fsp3) is 0.667. The molecular formula is C9H14F3N3. The van der Waals surface area contributed by atoms with Gasteiger partial charge in [0.25, 0.3) is 0 Å². The second-order valence-electron chi connectivity index (χ2n) is 4.43. The van der Waals surface area contributed by atoms with E-state index in [1.165, 1.54) is 17.1 Å². The van der Waals surface area contributed by atoms with Crippen LogP contribution in [0.2, 0.25) is 0 Å². The van der Waals surface area contributed by atoms with Gasteiger partial charge in [0.2, 0.25) is 0 Å². The lowest BCUT2D eigenvalue weighted by molar-refractivity contribution is -0.156. The Bertz CT molecular complexity index is 328. The number of nitrogens with two attached hydrogens (primary N) is 1. The Morgan fingerprint density at radius 1 is 1.40 bits per heavy atom. The van der Waals surface area contributed by atoms with E-state index >= 15 is 0 Å². The summed E-state index contributed by atoms with van der Waals surface area (Å²) >= 11 is 0. The zero-order valence-electron chi connectivity index (χ0n) is 8.67. The van der Waals surface area contributed by atoms with Gasteiger partial charge in [0.15, 0.2) is 0 Å². The van der Waals surface area contributed by atoms with Crippen LogP contribution in [0, 0.1) is 5.41 Å². The molecule has 0 amide bonds. The molecule has 15 heavy (non-hydrogen) atoms. The van der Waals surface area contributed by atoms with E-state index in [0.717, 1.165) is 0 Å². The van der Waals surface area contributed by atoms with Crippen molar-refractivity contribution in [2.24, 2.45) is 5.41 Å². The topological polar surface area (TPSA) is 43.8 Å². The van der Waals surface area contributed by atoms with E-state index in [2.05, 4.69) is 5.10 Å². The van der Waals surface area contributed by atoms with Crippen molar-refractivity contribution < 1.29 is 13.2 Å². The molecular weight excluding hydrogens is 207 g/mol. The highest BCUT2D eigenvalue weighted by Crippen LogP contribution is 2.34. The summed E-state index contributed by atoms with van der Waals surface area (Å²) in [5, 5.41) is 3.86. The SMILES string of the molecule is CC(C)(Cn1cc(N)cn1)CC(F)(F)F. The minimum absolute atomic E-state index is 0.198. The van der Waals surface area contributed by atoms with E-state index in [9.17, 15) is 13.2 Å². The summed E-state index contributed by atoms with van der Waals surface area (Å²) in [7, 11) is 0. The highest BCUT2D eigenvalue weighted by atomic mass is 19.4. The zero-order chi connectivity index (χ0) is 11.7. The number of aromatic nitrogens is 2. The molecule has 0 bridgehead atoms. The van der Waals surface area contributed by atoms with Crippen LogP contribution < -0.4 is 5.73 Å². The van der Waals surface area contributed by atoms with Crippen molar-refractivity contribution in [1.82, 2.24) is 9.78 Å². The van der Waals surface area contributed by atoms with Crippen molar-refractivity contribution in [1.29, 1.82) is 0 Å². The number of nitrogen functional groups attached to an aromatic ring is 1. The molecule has 0 saturated heterocycles. The van der Waals surface area contributed by atoms with E-state index in [1.807, 2.05) is 0 Å². The highest BCUT2D eigenvalue weighted by Gasteiger charge is 2.36. The Balaban J connectivity index is 2.64. The van der Waals surface area contributed by atoms with Crippen LogP contribution in [0.25, 0.3) is 0 Å². The number of hydrogen-bond acceptors (Lipinski definition) is 2. The van der Waals surface area contributed by atoms with Crippen LogP contribution in [0.5, 0.6) is 0 Å². The Hall–Kier alpha value is -1.20. The van der Waals surface area contributed by atoms with Crippen molar-refractivity contribution in [2.75, 3.05) is 5.73 Å². The van der Waals surface area contributed by atoms with Gasteiger partial charge >= 0.3 is 6.18 Å². The Kier molecular flexibility index (Phi) is 2.97. The monoisotopic (exact) mass is 221 g/mol. The molecule has 0 saturated carbocycles. The van der Waals surface area contributed by atoms with Crippen LogP contribution in [0.3, 0.4) is 0 Å². The number of hydrogen-bond donors (Lipinski definition) is 1. The number of alkyl halides is 3. The summed E-state index contributed by atoms with van der Waals surface area (Å²) in [5.74, 6) is 0. The third-order valence-corrected chi connectivity index (χ3v) is 1.92. The third kappa shape index (κ3) is 4.22. The fourth-order valence-corrected chi connectivity index (χ4v) is 1.50. The van der Waals surface area contributed by atoms with Crippen molar-refractivity contribution in [3.8, 4) is 0 Å². The van der Waals surface area contributed by atoms with E-state index in [4.69, 9.17) is 5.73 Å². The number of nitrogens with zero attached hydrogens (tertiary/aromatic N) is 2. The minimum atomic E-state index is -4.15. The molecule has 0 aliphatic heterocycles. The molecule has 1 aromatic rings. The summed E-state index contributed by atoms with van der Waals surface area (Å²) in [6.07, 6.45) is -2.04. The first-order valence-electron chi connectivity index (χ1n) is 4.53. The van der Waals surface area contributed by atoms with Gasteiger partial charge in [-0.05, 0) is 5.41 Å². The van der Waals surface area contributed by atoms with Crippen LogP contribution in [-0.2, 0) is 6.54 Å². The maximum atomic E-state index is 12.2. The van der Waals surface area contributed by atoms with Gasteiger partial charge in [0.1, 0.15) is 0 Å². The maximum Gasteiger partial charge on any atom is 0.389 e. The van der Waals surface area contributed by atoms with Crippen molar-refractivity contribution in [3.63, 3.8) is 0 Å². The molecule has 0 fully saturated rings. The lowest BCUT2D eigenvalue weighted by atomic mass is 9.89. The lowest BCUT2D eigenvalue weighted by Gasteiger charge is -2.25. The number of anilines is 1. The summed E-state index contributed by atoms with van der Waals surface area (Å²) in [5.41, 5.74) is 5.00. The number of rotatable bonds is 3. The first kappa shape index (κ1) is 11.9. The molecule has 6 heteroatoms. The highest BCUT2D eigenvalue weighted by molar-refractivity contribution is 5.30. The molecule has 0 aromatic carbocycles. The molecule has 1 heterocycles. The quantitative estimate of drug-likeness (QED) is 0.851. The summed E-state index contributed by atoms with van der Waals surface area (Å²) < 4.78 is 38.0. The average Bonchev–Trinajstić information content (AvgIpc) is 2.27. The van der Waals surface area contributed by atoms with Gasteiger partial charge in [-0.1, -0.05) is 13.8 Å².